The Hall–Kier alpha value is -3.40. The highest BCUT2D eigenvalue weighted by molar-refractivity contribution is 5.83. The topological polar surface area (TPSA) is 63.4 Å². The van der Waals surface area contributed by atoms with Gasteiger partial charge in [-0.25, -0.2) is 0 Å². The summed E-state index contributed by atoms with van der Waals surface area (Å²) in [4.78, 5) is 27.4. The number of primary amides is 1. The number of hydrogen-bond acceptors (Lipinski definition) is 2. The lowest BCUT2D eigenvalue weighted by Crippen LogP contribution is -2.50. The van der Waals surface area contributed by atoms with Crippen molar-refractivity contribution in [1.82, 2.24) is 4.90 Å². The maximum atomic E-state index is 12.8. The van der Waals surface area contributed by atoms with Crippen LogP contribution in [0.1, 0.15) is 29.5 Å². The van der Waals surface area contributed by atoms with E-state index in [0.717, 1.165) is 22.3 Å². The summed E-state index contributed by atoms with van der Waals surface area (Å²) in [5, 5.41) is 0. The van der Waals surface area contributed by atoms with Crippen LogP contribution < -0.4 is 5.73 Å². The van der Waals surface area contributed by atoms with Crippen molar-refractivity contribution in [2.24, 2.45) is 11.1 Å². The molecule has 0 unspecified atom stereocenters. The van der Waals surface area contributed by atoms with Gasteiger partial charge in [0.1, 0.15) is 0 Å². The van der Waals surface area contributed by atoms with E-state index in [2.05, 4.69) is 24.3 Å². The van der Waals surface area contributed by atoms with Crippen molar-refractivity contribution in [3.8, 4) is 11.1 Å². The van der Waals surface area contributed by atoms with Crippen LogP contribution in [0.3, 0.4) is 0 Å². The molecule has 1 fully saturated rings. The summed E-state index contributed by atoms with van der Waals surface area (Å²) in [6.45, 7) is 3.15. The van der Waals surface area contributed by atoms with Gasteiger partial charge in [-0.2, -0.15) is 0 Å². The molecule has 2 N–H and O–H groups in total. The van der Waals surface area contributed by atoms with Crippen molar-refractivity contribution in [2.75, 3.05) is 13.1 Å². The highest BCUT2D eigenvalue weighted by Crippen LogP contribution is 2.38. The SMILES string of the molecule is Cc1ccc(CC(=O)N2CCC(Cc3ccccc3-c3ccccc3)(C(N)=O)CC2)cc1. The number of amides is 2. The fourth-order valence-corrected chi connectivity index (χ4v) is 4.63. The van der Waals surface area contributed by atoms with Crippen LogP contribution in [-0.4, -0.2) is 29.8 Å². The van der Waals surface area contributed by atoms with E-state index < -0.39 is 5.41 Å². The van der Waals surface area contributed by atoms with Crippen LogP contribution in [0.25, 0.3) is 11.1 Å². The molecule has 32 heavy (non-hydrogen) atoms. The molecule has 1 aliphatic heterocycles. The average Bonchev–Trinajstić information content (AvgIpc) is 2.82. The minimum Gasteiger partial charge on any atom is -0.369 e. The molecule has 0 bridgehead atoms. The van der Waals surface area contributed by atoms with E-state index in [9.17, 15) is 9.59 Å². The van der Waals surface area contributed by atoms with Gasteiger partial charge in [0.2, 0.25) is 11.8 Å². The highest BCUT2D eigenvalue weighted by atomic mass is 16.2. The lowest BCUT2D eigenvalue weighted by molar-refractivity contribution is -0.138. The first kappa shape index (κ1) is 21.8. The Balaban J connectivity index is 1.48. The van der Waals surface area contributed by atoms with Crippen molar-refractivity contribution in [3.05, 3.63) is 95.6 Å². The molecular formula is C28H30N2O2. The Labute approximate surface area is 190 Å². The van der Waals surface area contributed by atoms with Crippen LogP contribution in [-0.2, 0) is 22.4 Å². The van der Waals surface area contributed by atoms with Gasteiger partial charge in [-0.1, -0.05) is 84.4 Å². The first-order valence-electron chi connectivity index (χ1n) is 11.2. The van der Waals surface area contributed by atoms with Gasteiger partial charge >= 0.3 is 0 Å². The van der Waals surface area contributed by atoms with Crippen LogP contribution in [0.2, 0.25) is 0 Å². The molecule has 164 valence electrons. The molecule has 2 amide bonds. The van der Waals surface area contributed by atoms with Gasteiger partial charge in [-0.05, 0) is 48.4 Å². The van der Waals surface area contributed by atoms with Crippen LogP contribution >= 0.6 is 0 Å². The first-order valence-corrected chi connectivity index (χ1v) is 11.2. The molecule has 0 spiro atoms. The highest BCUT2D eigenvalue weighted by Gasteiger charge is 2.41. The third-order valence-electron chi connectivity index (χ3n) is 6.70. The number of rotatable bonds is 6. The average molecular weight is 427 g/mol. The summed E-state index contributed by atoms with van der Waals surface area (Å²) < 4.78 is 0. The number of benzene rings is 3. The second-order valence-corrected chi connectivity index (χ2v) is 8.89. The van der Waals surface area contributed by atoms with Gasteiger partial charge in [-0.15, -0.1) is 0 Å². The van der Waals surface area contributed by atoms with E-state index in [1.165, 1.54) is 5.56 Å². The number of nitrogens with zero attached hydrogens (tertiary/aromatic N) is 1. The number of carbonyl (C=O) groups excluding carboxylic acids is 2. The van der Waals surface area contributed by atoms with E-state index in [4.69, 9.17) is 5.73 Å². The molecule has 0 aliphatic carbocycles. The molecular weight excluding hydrogens is 396 g/mol. The van der Waals surface area contributed by atoms with E-state index in [1.807, 2.05) is 66.4 Å². The van der Waals surface area contributed by atoms with E-state index in [0.29, 0.717) is 38.8 Å². The molecule has 0 aromatic heterocycles. The quantitative estimate of drug-likeness (QED) is 0.629. The van der Waals surface area contributed by atoms with Crippen molar-refractivity contribution in [1.29, 1.82) is 0 Å². The number of hydrogen-bond donors (Lipinski definition) is 1. The molecule has 3 aromatic carbocycles. The van der Waals surface area contributed by atoms with Crippen LogP contribution in [0.4, 0.5) is 0 Å². The molecule has 1 aliphatic rings. The zero-order valence-corrected chi connectivity index (χ0v) is 18.6. The maximum absolute atomic E-state index is 12.8. The fourth-order valence-electron chi connectivity index (χ4n) is 4.63. The van der Waals surface area contributed by atoms with Gasteiger partial charge in [0.25, 0.3) is 0 Å². The summed E-state index contributed by atoms with van der Waals surface area (Å²) in [5.74, 6) is -0.164. The smallest absolute Gasteiger partial charge is 0.226 e. The zero-order chi connectivity index (χ0) is 22.6. The Morgan fingerprint density at radius 1 is 0.875 bits per heavy atom. The number of aryl methyl sites for hydroxylation is 1. The lowest BCUT2D eigenvalue weighted by atomic mass is 9.72. The number of nitrogens with two attached hydrogens (primary N) is 1. The molecule has 4 rings (SSSR count). The molecule has 0 saturated carbocycles. The third-order valence-corrected chi connectivity index (χ3v) is 6.70. The van der Waals surface area contributed by atoms with Gasteiger partial charge in [0.05, 0.1) is 11.8 Å². The molecule has 3 aromatic rings. The van der Waals surface area contributed by atoms with Gasteiger partial charge in [0.15, 0.2) is 0 Å². The van der Waals surface area contributed by atoms with Gasteiger partial charge < -0.3 is 10.6 Å². The summed E-state index contributed by atoms with van der Waals surface area (Å²) in [5.41, 5.74) is 10.9. The molecule has 1 saturated heterocycles. The molecule has 4 nitrogen and oxygen atoms in total. The summed E-state index contributed by atoms with van der Waals surface area (Å²) in [7, 11) is 0. The largest absolute Gasteiger partial charge is 0.369 e. The zero-order valence-electron chi connectivity index (χ0n) is 18.6. The predicted molar refractivity (Wildman–Crippen MR) is 128 cm³/mol. The molecule has 4 heteroatoms. The van der Waals surface area contributed by atoms with E-state index in [-0.39, 0.29) is 11.8 Å². The van der Waals surface area contributed by atoms with Crippen molar-refractivity contribution < 1.29 is 9.59 Å². The van der Waals surface area contributed by atoms with Crippen LogP contribution in [0.15, 0.2) is 78.9 Å². The summed E-state index contributed by atoms with van der Waals surface area (Å²) >= 11 is 0. The van der Waals surface area contributed by atoms with Gasteiger partial charge in [0, 0.05) is 13.1 Å². The monoisotopic (exact) mass is 426 g/mol. The Kier molecular flexibility index (Phi) is 6.40. The Morgan fingerprint density at radius 2 is 1.50 bits per heavy atom. The first-order chi connectivity index (χ1) is 15.5. The second-order valence-electron chi connectivity index (χ2n) is 8.89. The number of carbonyl (C=O) groups is 2. The van der Waals surface area contributed by atoms with Crippen molar-refractivity contribution in [3.63, 3.8) is 0 Å². The van der Waals surface area contributed by atoms with Crippen LogP contribution in [0.5, 0.6) is 0 Å². The van der Waals surface area contributed by atoms with Crippen molar-refractivity contribution >= 4 is 11.8 Å². The summed E-state index contributed by atoms with van der Waals surface area (Å²) in [6, 6.07) is 26.5. The minimum atomic E-state index is -0.633. The minimum absolute atomic E-state index is 0.108. The molecule has 0 radical (unpaired) electrons. The predicted octanol–water partition coefficient (Wildman–Crippen LogP) is 4.54. The maximum Gasteiger partial charge on any atom is 0.226 e. The standard InChI is InChI=1S/C28H30N2O2/c1-21-11-13-22(14-12-21)19-26(31)30-17-15-28(16-18-30,27(29)32)20-24-9-5-6-10-25(24)23-7-3-2-4-8-23/h2-14H,15-20H2,1H3,(H2,29,32). The Bertz CT molecular complexity index is 1080. The normalized spacial score (nSPS) is 15.3. The van der Waals surface area contributed by atoms with E-state index in [1.54, 1.807) is 0 Å². The van der Waals surface area contributed by atoms with Crippen LogP contribution in [0, 0.1) is 12.3 Å². The number of piperidine rings is 1. The molecule has 1 heterocycles. The Morgan fingerprint density at radius 3 is 2.16 bits per heavy atom. The lowest BCUT2D eigenvalue weighted by Gasteiger charge is -2.40. The third kappa shape index (κ3) is 4.75. The number of likely N-dealkylation sites (tertiary alicyclic amines) is 1. The second kappa shape index (κ2) is 9.39. The van der Waals surface area contributed by atoms with E-state index >= 15 is 0 Å². The van der Waals surface area contributed by atoms with Gasteiger partial charge in [-0.3, -0.25) is 9.59 Å². The molecule has 0 atom stereocenters. The summed E-state index contributed by atoms with van der Waals surface area (Å²) in [6.07, 6.45) is 2.16. The van der Waals surface area contributed by atoms with Crippen molar-refractivity contribution in [2.45, 2.75) is 32.6 Å². The fraction of sp³-hybridized carbons (Fsp3) is 0.286.